The van der Waals surface area contributed by atoms with Crippen molar-refractivity contribution < 1.29 is 13.5 Å². The smallest absolute Gasteiger partial charge is 0.282 e. The number of aliphatic hydroxyl groups is 1. The number of hydrogen-bond donors (Lipinski definition) is 1. The zero-order valence-corrected chi connectivity index (χ0v) is 13.5. The van der Waals surface area contributed by atoms with Crippen LogP contribution in [0, 0.1) is 6.92 Å². The van der Waals surface area contributed by atoms with E-state index < -0.39 is 10.2 Å². The normalized spacial score (nSPS) is 20.9. The van der Waals surface area contributed by atoms with Gasteiger partial charge >= 0.3 is 0 Å². The highest BCUT2D eigenvalue weighted by Crippen LogP contribution is 2.22. The molecule has 118 valence electrons. The molecule has 0 saturated carbocycles. The predicted molar refractivity (Wildman–Crippen MR) is 83.0 cm³/mol. The van der Waals surface area contributed by atoms with Gasteiger partial charge in [-0.1, -0.05) is 36.2 Å². The predicted octanol–water partition coefficient (Wildman–Crippen LogP) is 1.52. The maximum absolute atomic E-state index is 12.7. The molecule has 1 N–H and O–H groups in total. The molecule has 1 fully saturated rings. The second kappa shape index (κ2) is 6.87. The summed E-state index contributed by atoms with van der Waals surface area (Å²) in [5, 5.41) is 9.41. The van der Waals surface area contributed by atoms with Gasteiger partial charge in [0, 0.05) is 26.2 Å². The van der Waals surface area contributed by atoms with Crippen LogP contribution >= 0.6 is 0 Å². The Bertz CT molecular complexity index is 574. The highest BCUT2D eigenvalue weighted by molar-refractivity contribution is 7.86. The van der Waals surface area contributed by atoms with E-state index in [-0.39, 0.29) is 12.6 Å². The molecule has 1 heterocycles. The molecule has 0 bridgehead atoms. The molecular weight excluding hydrogens is 288 g/mol. The van der Waals surface area contributed by atoms with Crippen LogP contribution in [-0.2, 0) is 16.8 Å². The summed E-state index contributed by atoms with van der Waals surface area (Å²) in [5.74, 6) is 0. The summed E-state index contributed by atoms with van der Waals surface area (Å²) in [5.41, 5.74) is 2.09. The minimum Gasteiger partial charge on any atom is -0.395 e. The van der Waals surface area contributed by atoms with Crippen LogP contribution in [0.25, 0.3) is 0 Å². The Morgan fingerprint density at radius 1 is 1.38 bits per heavy atom. The fourth-order valence-electron chi connectivity index (χ4n) is 2.79. The van der Waals surface area contributed by atoms with E-state index in [1.165, 1.54) is 8.61 Å². The van der Waals surface area contributed by atoms with Crippen LogP contribution in [-0.4, -0.2) is 48.4 Å². The lowest BCUT2D eigenvalue weighted by molar-refractivity contribution is 0.149. The van der Waals surface area contributed by atoms with E-state index in [4.69, 9.17) is 0 Å². The van der Waals surface area contributed by atoms with E-state index >= 15 is 0 Å². The van der Waals surface area contributed by atoms with E-state index in [2.05, 4.69) is 0 Å². The summed E-state index contributed by atoms with van der Waals surface area (Å²) in [6, 6.07) is 7.56. The monoisotopic (exact) mass is 312 g/mol. The average Bonchev–Trinajstić information content (AvgIpc) is 2.47. The zero-order valence-electron chi connectivity index (χ0n) is 12.7. The van der Waals surface area contributed by atoms with Crippen LogP contribution in [0.15, 0.2) is 24.3 Å². The number of rotatable bonds is 5. The Morgan fingerprint density at radius 2 is 2.14 bits per heavy atom. The number of nitrogens with zero attached hydrogens (tertiary/aromatic N) is 2. The van der Waals surface area contributed by atoms with E-state index in [0.29, 0.717) is 13.1 Å². The van der Waals surface area contributed by atoms with Crippen molar-refractivity contribution in [1.82, 2.24) is 8.61 Å². The van der Waals surface area contributed by atoms with E-state index in [1.54, 1.807) is 7.05 Å². The zero-order chi connectivity index (χ0) is 15.5. The van der Waals surface area contributed by atoms with E-state index in [0.717, 1.165) is 30.4 Å². The Hall–Kier alpha value is -0.950. The number of benzene rings is 1. The van der Waals surface area contributed by atoms with Crippen LogP contribution in [0.2, 0.25) is 0 Å². The molecule has 1 aromatic carbocycles. The van der Waals surface area contributed by atoms with Gasteiger partial charge in [0.1, 0.15) is 0 Å². The van der Waals surface area contributed by atoms with Crippen molar-refractivity contribution in [3.8, 4) is 0 Å². The highest BCUT2D eigenvalue weighted by Gasteiger charge is 2.34. The Kier molecular flexibility index (Phi) is 5.37. The van der Waals surface area contributed by atoms with Gasteiger partial charge in [-0.05, 0) is 25.3 Å². The SMILES string of the molecule is Cc1cccc(CN(C)S(=O)(=O)N2CCCCC2CO)c1. The first-order chi connectivity index (χ1) is 9.95. The molecular formula is C15H24N2O3S. The van der Waals surface area contributed by atoms with Gasteiger partial charge in [0.25, 0.3) is 10.2 Å². The van der Waals surface area contributed by atoms with Crippen molar-refractivity contribution in [3.05, 3.63) is 35.4 Å². The van der Waals surface area contributed by atoms with Gasteiger partial charge < -0.3 is 5.11 Å². The fourth-order valence-corrected chi connectivity index (χ4v) is 4.37. The highest BCUT2D eigenvalue weighted by atomic mass is 32.2. The molecule has 2 rings (SSSR count). The Morgan fingerprint density at radius 3 is 2.81 bits per heavy atom. The third-order valence-electron chi connectivity index (χ3n) is 3.96. The average molecular weight is 312 g/mol. The molecule has 1 aliphatic heterocycles. The summed E-state index contributed by atoms with van der Waals surface area (Å²) in [6.45, 7) is 2.71. The number of piperidine rings is 1. The first-order valence-electron chi connectivity index (χ1n) is 7.34. The number of aliphatic hydroxyl groups excluding tert-OH is 1. The maximum Gasteiger partial charge on any atom is 0.282 e. The molecule has 1 aromatic rings. The molecule has 0 spiro atoms. The van der Waals surface area contributed by atoms with Crippen molar-refractivity contribution in [2.45, 2.75) is 38.8 Å². The molecule has 0 amide bonds. The molecule has 1 saturated heterocycles. The number of hydrogen-bond acceptors (Lipinski definition) is 3. The lowest BCUT2D eigenvalue weighted by atomic mass is 10.1. The second-order valence-corrected chi connectivity index (χ2v) is 7.68. The first-order valence-corrected chi connectivity index (χ1v) is 8.74. The van der Waals surface area contributed by atoms with Gasteiger partial charge in [-0.2, -0.15) is 17.0 Å². The van der Waals surface area contributed by atoms with Crippen LogP contribution < -0.4 is 0 Å². The van der Waals surface area contributed by atoms with Crippen molar-refractivity contribution in [2.75, 3.05) is 20.2 Å². The molecule has 6 heteroatoms. The minimum atomic E-state index is -3.53. The molecule has 1 atom stereocenters. The number of aryl methyl sites for hydroxylation is 1. The molecule has 0 radical (unpaired) electrons. The van der Waals surface area contributed by atoms with Gasteiger partial charge in [-0.25, -0.2) is 0 Å². The summed E-state index contributed by atoms with van der Waals surface area (Å²) in [4.78, 5) is 0. The van der Waals surface area contributed by atoms with Gasteiger partial charge in [-0.15, -0.1) is 0 Å². The quantitative estimate of drug-likeness (QED) is 0.897. The molecule has 1 aliphatic rings. The van der Waals surface area contributed by atoms with Gasteiger partial charge in [0.15, 0.2) is 0 Å². The van der Waals surface area contributed by atoms with E-state index in [1.807, 2.05) is 31.2 Å². The molecule has 0 aliphatic carbocycles. The third-order valence-corrected chi connectivity index (χ3v) is 5.95. The first kappa shape index (κ1) is 16.4. The standard InChI is InChI=1S/C15H24N2O3S/c1-13-6-5-7-14(10-13)11-16(2)21(19,20)17-9-4-3-8-15(17)12-18/h5-7,10,15,18H,3-4,8-9,11-12H2,1-2H3. The second-order valence-electron chi connectivity index (χ2n) is 5.70. The summed E-state index contributed by atoms with van der Waals surface area (Å²) in [7, 11) is -1.93. The van der Waals surface area contributed by atoms with Crippen molar-refractivity contribution in [1.29, 1.82) is 0 Å². The fraction of sp³-hybridized carbons (Fsp3) is 0.600. The van der Waals surface area contributed by atoms with Crippen LogP contribution in [0.5, 0.6) is 0 Å². The third kappa shape index (κ3) is 3.83. The molecule has 21 heavy (non-hydrogen) atoms. The Labute approximate surface area is 127 Å². The van der Waals surface area contributed by atoms with Crippen LogP contribution in [0.3, 0.4) is 0 Å². The summed E-state index contributed by atoms with van der Waals surface area (Å²) < 4.78 is 28.2. The lowest BCUT2D eigenvalue weighted by Gasteiger charge is -2.36. The van der Waals surface area contributed by atoms with Crippen molar-refractivity contribution >= 4 is 10.2 Å². The van der Waals surface area contributed by atoms with Gasteiger partial charge in [0.2, 0.25) is 0 Å². The van der Waals surface area contributed by atoms with E-state index in [9.17, 15) is 13.5 Å². The molecule has 1 unspecified atom stereocenters. The molecule has 0 aromatic heterocycles. The molecule has 5 nitrogen and oxygen atoms in total. The van der Waals surface area contributed by atoms with Crippen molar-refractivity contribution in [2.24, 2.45) is 0 Å². The van der Waals surface area contributed by atoms with Crippen LogP contribution in [0.1, 0.15) is 30.4 Å². The minimum absolute atomic E-state index is 0.114. The van der Waals surface area contributed by atoms with Gasteiger partial charge in [0.05, 0.1) is 6.61 Å². The lowest BCUT2D eigenvalue weighted by Crippen LogP contribution is -2.50. The topological polar surface area (TPSA) is 60.9 Å². The maximum atomic E-state index is 12.7. The van der Waals surface area contributed by atoms with Crippen LogP contribution in [0.4, 0.5) is 0 Å². The summed E-state index contributed by atoms with van der Waals surface area (Å²) >= 11 is 0. The van der Waals surface area contributed by atoms with Crippen molar-refractivity contribution in [3.63, 3.8) is 0 Å². The van der Waals surface area contributed by atoms with Gasteiger partial charge in [-0.3, -0.25) is 0 Å². The largest absolute Gasteiger partial charge is 0.395 e. The Balaban J connectivity index is 2.14. The summed E-state index contributed by atoms with van der Waals surface area (Å²) in [6.07, 6.45) is 2.56.